The summed E-state index contributed by atoms with van der Waals surface area (Å²) in [7, 11) is 0. The summed E-state index contributed by atoms with van der Waals surface area (Å²) in [5.41, 5.74) is 0. The first-order valence-corrected chi connectivity index (χ1v) is 4.98. The molecule has 5 nitrogen and oxygen atoms in total. The van der Waals surface area contributed by atoms with Crippen molar-refractivity contribution < 1.29 is 32.6 Å². The molecule has 1 amide bonds. The van der Waals surface area contributed by atoms with Crippen LogP contribution in [0.5, 0.6) is 0 Å². The number of nitrogens with zero attached hydrogens (tertiary/aromatic N) is 1. The average molecular weight is 255 g/mol. The number of amides is 1. The minimum Gasteiger partial charge on any atom is -0.466 e. The number of esters is 1. The van der Waals surface area contributed by atoms with E-state index >= 15 is 0 Å². The van der Waals surface area contributed by atoms with E-state index in [9.17, 15) is 22.8 Å². The van der Waals surface area contributed by atoms with Crippen LogP contribution in [0.3, 0.4) is 0 Å². The van der Waals surface area contributed by atoms with Gasteiger partial charge in [-0.2, -0.15) is 13.2 Å². The second kappa shape index (κ2) is 4.80. The Balaban J connectivity index is 2.85. The molecule has 2 unspecified atom stereocenters. The number of carbonyl (C=O) groups excluding carboxylic acids is 1. The topological polar surface area (TPSA) is 66.8 Å². The smallest absolute Gasteiger partial charge is 0.407 e. The van der Waals surface area contributed by atoms with Crippen molar-refractivity contribution in [3.05, 3.63) is 0 Å². The van der Waals surface area contributed by atoms with Crippen molar-refractivity contribution >= 4 is 12.1 Å². The molecule has 0 aromatic carbocycles. The number of hydrogen-bond donors (Lipinski definition) is 1. The van der Waals surface area contributed by atoms with Crippen molar-refractivity contribution in [2.45, 2.75) is 13.1 Å². The normalized spacial score (nSPS) is 24.8. The molecule has 98 valence electrons. The molecule has 1 fully saturated rings. The van der Waals surface area contributed by atoms with E-state index in [0.717, 1.165) is 0 Å². The molecule has 1 aliphatic rings. The zero-order valence-electron chi connectivity index (χ0n) is 9.03. The highest BCUT2D eigenvalue weighted by Gasteiger charge is 2.54. The Bertz CT molecular complexity index is 318. The molecule has 0 aliphatic carbocycles. The Hall–Kier alpha value is -1.47. The van der Waals surface area contributed by atoms with Crippen LogP contribution < -0.4 is 0 Å². The van der Waals surface area contributed by atoms with Crippen molar-refractivity contribution in [1.29, 1.82) is 0 Å². The van der Waals surface area contributed by atoms with Crippen molar-refractivity contribution in [2.75, 3.05) is 19.7 Å². The lowest BCUT2D eigenvalue weighted by atomic mass is 9.96. The van der Waals surface area contributed by atoms with Crippen molar-refractivity contribution in [3.63, 3.8) is 0 Å². The zero-order valence-corrected chi connectivity index (χ0v) is 9.03. The predicted molar refractivity (Wildman–Crippen MR) is 49.3 cm³/mol. The van der Waals surface area contributed by atoms with Gasteiger partial charge < -0.3 is 14.7 Å². The summed E-state index contributed by atoms with van der Waals surface area (Å²) in [5.74, 6) is -4.46. The fourth-order valence-electron chi connectivity index (χ4n) is 1.78. The molecule has 1 N–H and O–H groups in total. The molecule has 0 bridgehead atoms. The minimum absolute atomic E-state index is 0.0347. The van der Waals surface area contributed by atoms with Gasteiger partial charge in [-0.25, -0.2) is 4.79 Å². The maximum absolute atomic E-state index is 12.6. The van der Waals surface area contributed by atoms with Crippen molar-refractivity contribution in [2.24, 2.45) is 11.8 Å². The number of halogens is 3. The molecular formula is C9H12F3NO4. The highest BCUT2D eigenvalue weighted by molar-refractivity contribution is 5.75. The number of rotatable bonds is 2. The third-order valence-corrected chi connectivity index (χ3v) is 2.60. The summed E-state index contributed by atoms with van der Waals surface area (Å²) in [6, 6.07) is 0. The standard InChI is InChI=1S/C9H12F3NO4/c1-2-17-7(14)5-3-13(8(15)16)4-6(5)9(10,11)12/h5-6H,2-4H2,1H3,(H,15,16). The Morgan fingerprint density at radius 3 is 2.41 bits per heavy atom. The molecule has 1 saturated heterocycles. The van der Waals surface area contributed by atoms with Gasteiger partial charge in [-0.1, -0.05) is 0 Å². The quantitative estimate of drug-likeness (QED) is 0.756. The Kier molecular flexibility index (Phi) is 3.84. The van der Waals surface area contributed by atoms with Gasteiger partial charge in [0.2, 0.25) is 0 Å². The molecule has 0 radical (unpaired) electrons. The van der Waals surface area contributed by atoms with Crippen LogP contribution in [-0.4, -0.2) is 47.9 Å². The first-order chi connectivity index (χ1) is 7.77. The molecule has 8 heteroatoms. The van der Waals surface area contributed by atoms with Gasteiger partial charge in [0.15, 0.2) is 0 Å². The van der Waals surface area contributed by atoms with Crippen LogP contribution in [0.25, 0.3) is 0 Å². The van der Waals surface area contributed by atoms with Crippen LogP contribution in [0.4, 0.5) is 18.0 Å². The van der Waals surface area contributed by atoms with Crippen LogP contribution in [0.1, 0.15) is 6.92 Å². The van der Waals surface area contributed by atoms with Crippen LogP contribution in [0, 0.1) is 11.8 Å². The molecule has 1 heterocycles. The van der Waals surface area contributed by atoms with Crippen molar-refractivity contribution in [1.82, 2.24) is 4.90 Å². The second-order valence-corrected chi connectivity index (χ2v) is 3.69. The van der Waals surface area contributed by atoms with E-state index in [2.05, 4.69) is 4.74 Å². The Labute approximate surface area is 95.1 Å². The van der Waals surface area contributed by atoms with Crippen LogP contribution in [0.2, 0.25) is 0 Å². The summed E-state index contributed by atoms with van der Waals surface area (Å²) < 4.78 is 42.4. The summed E-state index contributed by atoms with van der Waals surface area (Å²) >= 11 is 0. The number of ether oxygens (including phenoxy) is 1. The lowest BCUT2D eigenvalue weighted by Crippen LogP contribution is -2.34. The number of likely N-dealkylation sites (tertiary alicyclic amines) is 1. The maximum Gasteiger partial charge on any atom is 0.407 e. The molecule has 0 aromatic heterocycles. The summed E-state index contributed by atoms with van der Waals surface area (Å²) in [6.07, 6.45) is -6.08. The molecule has 1 rings (SSSR count). The Morgan fingerprint density at radius 1 is 1.41 bits per heavy atom. The second-order valence-electron chi connectivity index (χ2n) is 3.69. The first-order valence-electron chi connectivity index (χ1n) is 4.98. The molecule has 0 spiro atoms. The van der Waals surface area contributed by atoms with Gasteiger partial charge in [0.25, 0.3) is 0 Å². The van der Waals surface area contributed by atoms with Gasteiger partial charge in [0.05, 0.1) is 18.4 Å². The van der Waals surface area contributed by atoms with Gasteiger partial charge in [-0.15, -0.1) is 0 Å². The van der Waals surface area contributed by atoms with Gasteiger partial charge in [0.1, 0.15) is 0 Å². The molecule has 0 aromatic rings. The maximum atomic E-state index is 12.6. The molecule has 2 atom stereocenters. The van der Waals surface area contributed by atoms with Gasteiger partial charge in [-0.3, -0.25) is 4.79 Å². The Morgan fingerprint density at radius 2 is 2.00 bits per heavy atom. The van der Waals surface area contributed by atoms with Gasteiger partial charge >= 0.3 is 18.2 Å². The van der Waals surface area contributed by atoms with E-state index < -0.39 is 43.2 Å². The molecular weight excluding hydrogens is 243 g/mol. The highest BCUT2D eigenvalue weighted by atomic mass is 19.4. The van der Waals surface area contributed by atoms with Gasteiger partial charge in [-0.05, 0) is 6.92 Å². The van der Waals surface area contributed by atoms with Crippen LogP contribution in [0.15, 0.2) is 0 Å². The highest BCUT2D eigenvalue weighted by Crippen LogP contribution is 2.38. The molecule has 0 saturated carbocycles. The largest absolute Gasteiger partial charge is 0.466 e. The monoisotopic (exact) mass is 255 g/mol. The lowest BCUT2D eigenvalue weighted by Gasteiger charge is -2.19. The van der Waals surface area contributed by atoms with E-state index in [1.165, 1.54) is 6.92 Å². The average Bonchev–Trinajstić information content (AvgIpc) is 2.61. The predicted octanol–water partition coefficient (Wildman–Crippen LogP) is 1.34. The number of alkyl halides is 3. The number of hydrogen-bond acceptors (Lipinski definition) is 3. The van der Waals surface area contributed by atoms with E-state index in [4.69, 9.17) is 5.11 Å². The SMILES string of the molecule is CCOC(=O)C1CN(C(=O)O)CC1C(F)(F)F. The molecule has 1 aliphatic heterocycles. The fraction of sp³-hybridized carbons (Fsp3) is 0.778. The summed E-state index contributed by atoms with van der Waals surface area (Å²) in [5, 5.41) is 8.63. The first kappa shape index (κ1) is 13.6. The number of carboxylic acid groups (broad SMARTS) is 1. The lowest BCUT2D eigenvalue weighted by molar-refractivity contribution is -0.189. The summed E-state index contributed by atoms with van der Waals surface area (Å²) in [4.78, 5) is 22.5. The van der Waals surface area contributed by atoms with E-state index in [1.54, 1.807) is 0 Å². The summed E-state index contributed by atoms with van der Waals surface area (Å²) in [6.45, 7) is 0.248. The zero-order chi connectivity index (χ0) is 13.2. The fourth-order valence-corrected chi connectivity index (χ4v) is 1.78. The third kappa shape index (κ3) is 3.01. The third-order valence-electron chi connectivity index (χ3n) is 2.60. The van der Waals surface area contributed by atoms with E-state index in [-0.39, 0.29) is 6.61 Å². The van der Waals surface area contributed by atoms with Crippen LogP contribution in [-0.2, 0) is 9.53 Å². The van der Waals surface area contributed by atoms with Crippen molar-refractivity contribution in [3.8, 4) is 0 Å². The molecule has 17 heavy (non-hydrogen) atoms. The number of carbonyl (C=O) groups is 2. The van der Waals surface area contributed by atoms with Crippen LogP contribution >= 0.6 is 0 Å². The van der Waals surface area contributed by atoms with E-state index in [0.29, 0.717) is 4.90 Å². The minimum atomic E-state index is -4.61. The van der Waals surface area contributed by atoms with E-state index in [1.807, 2.05) is 0 Å². The van der Waals surface area contributed by atoms with Gasteiger partial charge in [0, 0.05) is 13.1 Å².